The minimum Gasteiger partial charge on any atom is -0.355 e. The molecule has 5 nitrogen and oxygen atoms in total. The van der Waals surface area contributed by atoms with Crippen LogP contribution in [0.5, 0.6) is 0 Å². The van der Waals surface area contributed by atoms with Crippen molar-refractivity contribution in [1.29, 1.82) is 0 Å². The van der Waals surface area contributed by atoms with E-state index in [2.05, 4.69) is 19.2 Å². The maximum atomic E-state index is 12.2. The number of aryl methyl sites for hydroxylation is 3. The van der Waals surface area contributed by atoms with Crippen LogP contribution in [0.3, 0.4) is 0 Å². The second kappa shape index (κ2) is 7.81. The predicted octanol–water partition coefficient (Wildman–Crippen LogP) is 2.54. The predicted molar refractivity (Wildman–Crippen MR) is 95.3 cm³/mol. The Bertz CT molecular complexity index is 643. The number of rotatable bonds is 7. The Kier molecular flexibility index (Phi) is 6.62. The number of carbonyl (C=O) groups excluding carboxylic acids is 1. The third kappa shape index (κ3) is 5.86. The molecule has 6 heteroatoms. The van der Waals surface area contributed by atoms with Gasteiger partial charge in [0, 0.05) is 6.54 Å². The number of amides is 1. The van der Waals surface area contributed by atoms with E-state index in [0.717, 1.165) is 29.4 Å². The zero-order valence-corrected chi connectivity index (χ0v) is 15.8. The largest absolute Gasteiger partial charge is 0.355 e. The van der Waals surface area contributed by atoms with Gasteiger partial charge >= 0.3 is 0 Å². The minimum atomic E-state index is -3.54. The molecule has 0 aliphatic carbocycles. The molecular formula is C17H28N2O3S. The average Bonchev–Trinajstić information content (AvgIpc) is 2.34. The summed E-state index contributed by atoms with van der Waals surface area (Å²) in [4.78, 5) is 12.1. The molecule has 0 saturated heterocycles. The average molecular weight is 340 g/mol. The van der Waals surface area contributed by atoms with Crippen LogP contribution in [0.2, 0.25) is 0 Å². The molecule has 0 atom stereocenters. The van der Waals surface area contributed by atoms with E-state index >= 15 is 0 Å². The molecule has 0 bridgehead atoms. The lowest BCUT2D eigenvalue weighted by Gasteiger charge is -2.26. The topological polar surface area (TPSA) is 66.5 Å². The van der Waals surface area contributed by atoms with Gasteiger partial charge in [0.25, 0.3) is 0 Å². The summed E-state index contributed by atoms with van der Waals surface area (Å²) in [6.07, 6.45) is 2.00. The van der Waals surface area contributed by atoms with Crippen molar-refractivity contribution in [3.8, 4) is 0 Å². The highest BCUT2D eigenvalue weighted by Gasteiger charge is 2.24. The number of anilines is 1. The molecule has 1 rings (SSSR count). The molecule has 0 aromatic heterocycles. The molecule has 0 aliphatic heterocycles. The summed E-state index contributed by atoms with van der Waals surface area (Å²) in [5, 5.41) is 2.79. The van der Waals surface area contributed by atoms with Gasteiger partial charge in [0.1, 0.15) is 6.54 Å². The van der Waals surface area contributed by atoms with Crippen LogP contribution in [0.1, 0.15) is 37.0 Å². The van der Waals surface area contributed by atoms with E-state index < -0.39 is 10.0 Å². The summed E-state index contributed by atoms with van der Waals surface area (Å²) < 4.78 is 25.6. The van der Waals surface area contributed by atoms with Crippen molar-refractivity contribution in [2.24, 2.45) is 5.92 Å². The Morgan fingerprint density at radius 2 is 1.70 bits per heavy atom. The molecule has 1 amide bonds. The van der Waals surface area contributed by atoms with Crippen LogP contribution in [0.25, 0.3) is 0 Å². The standard InChI is InChI=1S/C17H28N2O3S/c1-12(2)7-8-18-16(20)11-19(23(6,21)22)17-14(4)9-13(3)10-15(17)5/h9-10,12H,7-8,11H2,1-6H3,(H,18,20). The van der Waals surface area contributed by atoms with Gasteiger partial charge in [-0.15, -0.1) is 0 Å². The number of hydrogen-bond acceptors (Lipinski definition) is 3. The van der Waals surface area contributed by atoms with Crippen LogP contribution in [-0.2, 0) is 14.8 Å². The van der Waals surface area contributed by atoms with Crippen LogP contribution in [-0.4, -0.2) is 33.7 Å². The number of carbonyl (C=O) groups is 1. The fourth-order valence-corrected chi connectivity index (χ4v) is 3.59. The molecule has 0 fully saturated rings. The molecule has 130 valence electrons. The lowest BCUT2D eigenvalue weighted by molar-refractivity contribution is -0.119. The van der Waals surface area contributed by atoms with Crippen molar-refractivity contribution in [2.45, 2.75) is 41.0 Å². The lowest BCUT2D eigenvalue weighted by Crippen LogP contribution is -2.41. The maximum Gasteiger partial charge on any atom is 0.240 e. The molecule has 1 N–H and O–H groups in total. The van der Waals surface area contributed by atoms with E-state index in [-0.39, 0.29) is 12.5 Å². The SMILES string of the molecule is Cc1cc(C)c(N(CC(=O)NCCC(C)C)S(C)(=O)=O)c(C)c1. The molecular weight excluding hydrogens is 312 g/mol. The Morgan fingerprint density at radius 3 is 2.13 bits per heavy atom. The van der Waals surface area contributed by atoms with Gasteiger partial charge < -0.3 is 5.32 Å². The van der Waals surface area contributed by atoms with E-state index in [1.54, 1.807) is 0 Å². The molecule has 0 heterocycles. The van der Waals surface area contributed by atoms with Crippen LogP contribution >= 0.6 is 0 Å². The van der Waals surface area contributed by atoms with Gasteiger partial charge in [-0.05, 0) is 44.2 Å². The number of nitrogens with zero attached hydrogens (tertiary/aromatic N) is 1. The number of hydrogen-bond donors (Lipinski definition) is 1. The first-order valence-electron chi connectivity index (χ1n) is 7.84. The van der Waals surface area contributed by atoms with E-state index in [9.17, 15) is 13.2 Å². The van der Waals surface area contributed by atoms with Crippen molar-refractivity contribution in [1.82, 2.24) is 5.32 Å². The van der Waals surface area contributed by atoms with Gasteiger partial charge in [-0.25, -0.2) is 8.42 Å². The van der Waals surface area contributed by atoms with Gasteiger partial charge in [0.05, 0.1) is 11.9 Å². The Morgan fingerprint density at radius 1 is 1.17 bits per heavy atom. The van der Waals surface area contributed by atoms with Crippen molar-refractivity contribution < 1.29 is 13.2 Å². The van der Waals surface area contributed by atoms with Crippen molar-refractivity contribution in [3.05, 3.63) is 28.8 Å². The third-order valence-electron chi connectivity index (χ3n) is 3.62. The van der Waals surface area contributed by atoms with Gasteiger partial charge in [-0.2, -0.15) is 0 Å². The van der Waals surface area contributed by atoms with Gasteiger partial charge in [-0.3, -0.25) is 9.10 Å². The number of nitrogens with one attached hydrogen (secondary N) is 1. The number of sulfonamides is 1. The molecule has 23 heavy (non-hydrogen) atoms. The molecule has 0 spiro atoms. The highest BCUT2D eigenvalue weighted by Crippen LogP contribution is 2.28. The summed E-state index contributed by atoms with van der Waals surface area (Å²) in [6.45, 7) is 10.2. The highest BCUT2D eigenvalue weighted by molar-refractivity contribution is 7.92. The van der Waals surface area contributed by atoms with Crippen molar-refractivity contribution in [2.75, 3.05) is 23.7 Å². The summed E-state index contributed by atoms with van der Waals surface area (Å²) >= 11 is 0. The van der Waals surface area contributed by atoms with Crippen LogP contribution in [0.15, 0.2) is 12.1 Å². The molecule has 1 aromatic carbocycles. The monoisotopic (exact) mass is 340 g/mol. The molecule has 0 aliphatic rings. The van der Waals surface area contributed by atoms with Crippen LogP contribution in [0.4, 0.5) is 5.69 Å². The summed E-state index contributed by atoms with van der Waals surface area (Å²) in [5.41, 5.74) is 3.36. The first kappa shape index (κ1) is 19.5. The molecule has 0 saturated carbocycles. The smallest absolute Gasteiger partial charge is 0.240 e. The normalized spacial score (nSPS) is 11.6. The molecule has 0 unspecified atom stereocenters. The van der Waals surface area contributed by atoms with Crippen molar-refractivity contribution >= 4 is 21.6 Å². The summed E-state index contributed by atoms with van der Waals surface area (Å²) in [7, 11) is -3.54. The van der Waals surface area contributed by atoms with Gasteiger partial charge in [-0.1, -0.05) is 31.5 Å². The van der Waals surface area contributed by atoms with Crippen LogP contribution < -0.4 is 9.62 Å². The zero-order valence-electron chi connectivity index (χ0n) is 14.9. The zero-order chi connectivity index (χ0) is 17.8. The maximum absolute atomic E-state index is 12.2. The fourth-order valence-electron chi connectivity index (χ4n) is 2.61. The van der Waals surface area contributed by atoms with E-state index in [1.165, 1.54) is 4.31 Å². The molecule has 0 radical (unpaired) electrons. The first-order valence-corrected chi connectivity index (χ1v) is 9.69. The van der Waals surface area contributed by atoms with E-state index in [0.29, 0.717) is 18.2 Å². The second-order valence-corrected chi connectivity index (χ2v) is 8.46. The van der Waals surface area contributed by atoms with Crippen LogP contribution in [0, 0.1) is 26.7 Å². The highest BCUT2D eigenvalue weighted by atomic mass is 32.2. The van der Waals surface area contributed by atoms with Crippen molar-refractivity contribution in [3.63, 3.8) is 0 Å². The Balaban J connectivity index is 3.02. The van der Waals surface area contributed by atoms with Gasteiger partial charge in [0.2, 0.25) is 15.9 Å². The first-order chi connectivity index (χ1) is 10.5. The fraction of sp³-hybridized carbons (Fsp3) is 0.588. The van der Waals surface area contributed by atoms with E-state index in [1.807, 2.05) is 32.9 Å². The van der Waals surface area contributed by atoms with E-state index in [4.69, 9.17) is 0 Å². The minimum absolute atomic E-state index is 0.193. The second-order valence-electron chi connectivity index (χ2n) is 6.55. The summed E-state index contributed by atoms with van der Waals surface area (Å²) in [5.74, 6) is 0.207. The summed E-state index contributed by atoms with van der Waals surface area (Å²) in [6, 6.07) is 3.86. The molecule has 1 aromatic rings. The number of benzene rings is 1. The quantitative estimate of drug-likeness (QED) is 0.829. The Labute approximate surface area is 140 Å². The third-order valence-corrected chi connectivity index (χ3v) is 4.73. The lowest BCUT2D eigenvalue weighted by atomic mass is 10.1. The van der Waals surface area contributed by atoms with Gasteiger partial charge in [0.15, 0.2) is 0 Å². The Hall–Kier alpha value is -1.56.